The van der Waals surface area contributed by atoms with Gasteiger partial charge in [-0.1, -0.05) is 11.6 Å². The summed E-state index contributed by atoms with van der Waals surface area (Å²) in [4.78, 5) is 12.9. The van der Waals surface area contributed by atoms with E-state index in [1.807, 2.05) is 0 Å². The van der Waals surface area contributed by atoms with Gasteiger partial charge < -0.3 is 5.11 Å². The van der Waals surface area contributed by atoms with Gasteiger partial charge in [0.1, 0.15) is 5.56 Å². The van der Waals surface area contributed by atoms with Crippen molar-refractivity contribution in [3.63, 3.8) is 0 Å². The van der Waals surface area contributed by atoms with Gasteiger partial charge in [0.25, 0.3) is 0 Å². The zero-order chi connectivity index (χ0) is 9.30. The Balaban J connectivity index is 3.38. The van der Waals surface area contributed by atoms with Crippen LogP contribution in [0.25, 0.3) is 0 Å². The van der Waals surface area contributed by atoms with Gasteiger partial charge in [0.05, 0.1) is 5.02 Å². The first kappa shape index (κ1) is 8.86. The average Bonchev–Trinajstić information content (AvgIpc) is 1.82. The van der Waals surface area contributed by atoms with Crippen LogP contribution in [0.5, 0.6) is 0 Å². The van der Waals surface area contributed by atoms with Crippen molar-refractivity contribution in [1.82, 2.24) is 4.98 Å². The van der Waals surface area contributed by atoms with E-state index in [1.165, 1.54) is 0 Å². The Morgan fingerprint density at radius 1 is 1.58 bits per heavy atom. The molecule has 0 aliphatic carbocycles. The van der Waals surface area contributed by atoms with E-state index in [-0.39, 0.29) is 0 Å². The second-order valence-corrected chi connectivity index (χ2v) is 2.30. The van der Waals surface area contributed by atoms with Crippen LogP contribution in [0.3, 0.4) is 0 Å². The molecule has 0 saturated heterocycles. The minimum Gasteiger partial charge on any atom is -0.477 e. The highest BCUT2D eigenvalue weighted by Crippen LogP contribution is 2.18. The van der Waals surface area contributed by atoms with E-state index in [9.17, 15) is 13.6 Å². The predicted octanol–water partition coefficient (Wildman–Crippen LogP) is 1.71. The van der Waals surface area contributed by atoms with Crippen molar-refractivity contribution in [3.8, 4) is 0 Å². The average molecular weight is 194 g/mol. The van der Waals surface area contributed by atoms with Gasteiger partial charge in [-0.25, -0.2) is 4.79 Å². The highest BCUT2D eigenvalue weighted by atomic mass is 35.5. The number of carboxylic acids is 1. The lowest BCUT2D eigenvalue weighted by Gasteiger charge is -1.98. The molecule has 1 rings (SSSR count). The molecule has 0 unspecified atom stereocenters. The van der Waals surface area contributed by atoms with Crippen molar-refractivity contribution >= 4 is 17.6 Å². The van der Waals surface area contributed by atoms with Crippen molar-refractivity contribution in [2.75, 3.05) is 0 Å². The fraction of sp³-hybridized carbons (Fsp3) is 0. The third-order valence-corrected chi connectivity index (χ3v) is 1.41. The highest BCUT2D eigenvalue weighted by Gasteiger charge is 2.17. The van der Waals surface area contributed by atoms with E-state index in [0.29, 0.717) is 6.07 Å². The number of nitrogens with zero attached hydrogens (tertiary/aromatic N) is 1. The van der Waals surface area contributed by atoms with Crippen LogP contribution in [-0.2, 0) is 0 Å². The summed E-state index contributed by atoms with van der Waals surface area (Å²) in [6.07, 6.45) is 0. The first-order valence-electron chi connectivity index (χ1n) is 2.77. The molecule has 0 aromatic carbocycles. The second kappa shape index (κ2) is 3.02. The molecule has 0 aliphatic heterocycles. The van der Waals surface area contributed by atoms with Crippen LogP contribution in [0.2, 0.25) is 5.02 Å². The summed E-state index contributed by atoms with van der Waals surface area (Å²) in [5.74, 6) is -4.15. The Morgan fingerprint density at radius 2 is 2.17 bits per heavy atom. The molecule has 3 nitrogen and oxygen atoms in total. The molecular weight excluding hydrogens is 192 g/mol. The fourth-order valence-corrected chi connectivity index (χ4v) is 0.896. The Hall–Kier alpha value is -1.23. The molecule has 1 N–H and O–H groups in total. The van der Waals surface area contributed by atoms with Crippen LogP contribution in [-0.4, -0.2) is 16.1 Å². The molecule has 0 amide bonds. The Labute approximate surface area is 70.6 Å². The lowest BCUT2D eigenvalue weighted by Crippen LogP contribution is -2.05. The van der Waals surface area contributed by atoms with Crippen LogP contribution in [0.15, 0.2) is 6.07 Å². The van der Waals surface area contributed by atoms with Crippen LogP contribution >= 0.6 is 11.6 Å². The standard InChI is InChI=1S/C6H2ClF2NO2/c7-2-1-3(8)10-5(9)4(2)6(11)12/h1H,(H,11,12). The number of carboxylic acid groups (broad SMARTS) is 1. The molecule has 6 heteroatoms. The number of aromatic carboxylic acids is 1. The monoisotopic (exact) mass is 193 g/mol. The lowest BCUT2D eigenvalue weighted by atomic mass is 10.3. The third kappa shape index (κ3) is 1.50. The van der Waals surface area contributed by atoms with Gasteiger partial charge in [0, 0.05) is 6.07 Å². The summed E-state index contributed by atoms with van der Waals surface area (Å²) in [6.45, 7) is 0. The number of hydrogen-bond acceptors (Lipinski definition) is 2. The van der Waals surface area contributed by atoms with Crippen molar-refractivity contribution in [2.45, 2.75) is 0 Å². The lowest BCUT2D eigenvalue weighted by molar-refractivity contribution is 0.0690. The molecule has 0 fully saturated rings. The molecule has 1 heterocycles. The SMILES string of the molecule is O=C(O)c1c(Cl)cc(F)nc1F. The maximum absolute atomic E-state index is 12.5. The zero-order valence-corrected chi connectivity index (χ0v) is 6.27. The number of pyridine rings is 1. The van der Waals surface area contributed by atoms with E-state index in [0.717, 1.165) is 0 Å². The summed E-state index contributed by atoms with van der Waals surface area (Å²) < 4.78 is 24.8. The van der Waals surface area contributed by atoms with E-state index in [1.54, 1.807) is 0 Å². The Bertz CT molecular complexity index is 319. The van der Waals surface area contributed by atoms with Gasteiger partial charge in [-0.15, -0.1) is 0 Å². The van der Waals surface area contributed by atoms with Gasteiger partial charge in [0.15, 0.2) is 0 Å². The topological polar surface area (TPSA) is 50.2 Å². The maximum atomic E-state index is 12.5. The summed E-state index contributed by atoms with van der Waals surface area (Å²) in [7, 11) is 0. The number of rotatable bonds is 1. The Morgan fingerprint density at radius 3 is 2.58 bits per heavy atom. The van der Waals surface area contributed by atoms with Gasteiger partial charge in [-0.3, -0.25) is 0 Å². The largest absolute Gasteiger partial charge is 0.477 e. The first-order chi connectivity index (χ1) is 5.52. The Kier molecular flexibility index (Phi) is 2.23. The molecule has 0 bridgehead atoms. The summed E-state index contributed by atoms with van der Waals surface area (Å²) >= 11 is 5.23. The van der Waals surface area contributed by atoms with Crippen LogP contribution < -0.4 is 0 Å². The van der Waals surface area contributed by atoms with Gasteiger partial charge >= 0.3 is 5.97 Å². The zero-order valence-electron chi connectivity index (χ0n) is 5.51. The molecule has 0 spiro atoms. The predicted molar refractivity (Wildman–Crippen MR) is 36.1 cm³/mol. The van der Waals surface area contributed by atoms with E-state index in [4.69, 9.17) is 16.7 Å². The molecular formula is C6H2ClF2NO2. The van der Waals surface area contributed by atoms with E-state index in [2.05, 4.69) is 4.98 Å². The van der Waals surface area contributed by atoms with Crippen LogP contribution in [0.4, 0.5) is 8.78 Å². The summed E-state index contributed by atoms with van der Waals surface area (Å²) in [5.41, 5.74) is -0.821. The molecule has 64 valence electrons. The van der Waals surface area contributed by atoms with E-state index >= 15 is 0 Å². The highest BCUT2D eigenvalue weighted by molar-refractivity contribution is 6.33. The summed E-state index contributed by atoms with van der Waals surface area (Å²) in [6, 6.07) is 0.633. The molecule has 12 heavy (non-hydrogen) atoms. The molecule has 0 radical (unpaired) electrons. The number of carbonyl (C=O) groups is 1. The smallest absolute Gasteiger partial charge is 0.341 e. The van der Waals surface area contributed by atoms with Crippen molar-refractivity contribution in [1.29, 1.82) is 0 Å². The van der Waals surface area contributed by atoms with Gasteiger partial charge in [-0.2, -0.15) is 13.8 Å². The van der Waals surface area contributed by atoms with Crippen molar-refractivity contribution in [2.24, 2.45) is 0 Å². The fourth-order valence-electron chi connectivity index (χ4n) is 0.648. The normalized spacial score (nSPS) is 9.92. The van der Waals surface area contributed by atoms with Crippen LogP contribution in [0.1, 0.15) is 10.4 Å². The van der Waals surface area contributed by atoms with E-state index < -0.39 is 28.5 Å². The van der Waals surface area contributed by atoms with Crippen molar-refractivity contribution < 1.29 is 18.7 Å². The van der Waals surface area contributed by atoms with Crippen molar-refractivity contribution in [3.05, 3.63) is 28.5 Å². The quantitative estimate of drug-likeness (QED) is 0.691. The molecule has 1 aromatic heterocycles. The van der Waals surface area contributed by atoms with Gasteiger partial charge in [-0.05, 0) is 0 Å². The molecule has 0 aliphatic rings. The number of halogens is 3. The number of hydrogen-bond donors (Lipinski definition) is 1. The molecule has 1 aromatic rings. The minimum absolute atomic E-state index is 0.507. The van der Waals surface area contributed by atoms with Crippen LogP contribution in [0, 0.1) is 11.9 Å². The third-order valence-electron chi connectivity index (χ3n) is 1.11. The maximum Gasteiger partial charge on any atom is 0.341 e. The summed E-state index contributed by atoms with van der Waals surface area (Å²) in [5, 5.41) is 7.84. The molecule has 0 atom stereocenters. The molecule has 0 saturated carbocycles. The minimum atomic E-state index is -1.58. The second-order valence-electron chi connectivity index (χ2n) is 1.90. The first-order valence-corrected chi connectivity index (χ1v) is 3.15. The number of aromatic nitrogens is 1. The van der Waals surface area contributed by atoms with Gasteiger partial charge in [0.2, 0.25) is 11.9 Å².